The highest BCUT2D eigenvalue weighted by Gasteiger charge is 2.22. The first kappa shape index (κ1) is 18.8. The molecule has 0 saturated heterocycles. The highest BCUT2D eigenvalue weighted by Crippen LogP contribution is 2.35. The van der Waals surface area contributed by atoms with Gasteiger partial charge >= 0.3 is 0 Å². The number of nitrogens with zero attached hydrogens (tertiary/aromatic N) is 5. The molecule has 0 bridgehead atoms. The van der Waals surface area contributed by atoms with Crippen molar-refractivity contribution in [2.24, 2.45) is 5.41 Å². The van der Waals surface area contributed by atoms with Gasteiger partial charge in [0.05, 0.1) is 17.3 Å². The molecular formula is C23H20FN5. The number of fused-ring (bicyclic) bond motifs is 1. The topological polar surface area (TPSA) is 48.0 Å². The average molecular weight is 385 g/mol. The van der Waals surface area contributed by atoms with Crippen molar-refractivity contribution in [2.45, 2.75) is 27.3 Å². The Morgan fingerprint density at radius 1 is 1.10 bits per heavy atom. The van der Waals surface area contributed by atoms with E-state index in [2.05, 4.69) is 19.9 Å². The van der Waals surface area contributed by atoms with Gasteiger partial charge in [-0.15, -0.1) is 4.98 Å². The highest BCUT2D eigenvalue weighted by molar-refractivity contribution is 5.88. The summed E-state index contributed by atoms with van der Waals surface area (Å²) in [5.41, 5.74) is 3.00. The Kier molecular flexibility index (Phi) is 4.59. The van der Waals surface area contributed by atoms with Gasteiger partial charge in [0.1, 0.15) is 0 Å². The first-order valence-electron chi connectivity index (χ1n) is 9.31. The molecule has 144 valence electrons. The molecule has 4 rings (SSSR count). The van der Waals surface area contributed by atoms with Gasteiger partial charge in [0.15, 0.2) is 5.69 Å². The minimum atomic E-state index is -0.405. The summed E-state index contributed by atoms with van der Waals surface area (Å²) in [4.78, 5) is 12.3. The lowest BCUT2D eigenvalue weighted by molar-refractivity contribution is 0.296. The van der Waals surface area contributed by atoms with Gasteiger partial charge < -0.3 is 4.85 Å². The van der Waals surface area contributed by atoms with Gasteiger partial charge in [0, 0.05) is 29.3 Å². The molecule has 4 aromatic rings. The largest absolute Gasteiger partial charge is 0.361 e. The summed E-state index contributed by atoms with van der Waals surface area (Å²) >= 11 is 0. The van der Waals surface area contributed by atoms with Crippen LogP contribution in [0.2, 0.25) is 0 Å². The van der Waals surface area contributed by atoms with Gasteiger partial charge in [-0.2, -0.15) is 9.49 Å². The Balaban J connectivity index is 1.88. The zero-order valence-corrected chi connectivity index (χ0v) is 16.5. The van der Waals surface area contributed by atoms with Gasteiger partial charge in [-0.3, -0.25) is 4.98 Å². The van der Waals surface area contributed by atoms with Crippen LogP contribution in [-0.2, 0) is 6.54 Å². The molecule has 5 nitrogen and oxygen atoms in total. The van der Waals surface area contributed by atoms with E-state index in [9.17, 15) is 0 Å². The summed E-state index contributed by atoms with van der Waals surface area (Å²) < 4.78 is 16.6. The first-order valence-corrected chi connectivity index (χ1v) is 9.31. The lowest BCUT2D eigenvalue weighted by atomic mass is 9.97. The van der Waals surface area contributed by atoms with Crippen molar-refractivity contribution in [3.63, 3.8) is 0 Å². The van der Waals surface area contributed by atoms with Crippen LogP contribution in [-0.4, -0.2) is 19.7 Å². The minimum absolute atomic E-state index is 0.108. The fraction of sp³-hybridized carbons (Fsp3) is 0.217. The Bertz CT molecular complexity index is 1240. The summed E-state index contributed by atoms with van der Waals surface area (Å²) in [7, 11) is 0. The van der Waals surface area contributed by atoms with Crippen molar-refractivity contribution in [1.29, 1.82) is 0 Å². The van der Waals surface area contributed by atoms with Crippen LogP contribution in [0.1, 0.15) is 20.8 Å². The van der Waals surface area contributed by atoms with E-state index in [1.54, 1.807) is 18.3 Å². The quantitative estimate of drug-likeness (QED) is 0.413. The molecular weight excluding hydrogens is 365 g/mol. The van der Waals surface area contributed by atoms with E-state index in [-0.39, 0.29) is 11.2 Å². The number of hydrogen-bond donors (Lipinski definition) is 0. The number of aromatic nitrogens is 4. The van der Waals surface area contributed by atoms with Gasteiger partial charge in [-0.1, -0.05) is 45.5 Å². The van der Waals surface area contributed by atoms with Crippen LogP contribution in [0.15, 0.2) is 54.9 Å². The number of halogens is 1. The summed E-state index contributed by atoms with van der Waals surface area (Å²) in [5.74, 6) is -0.148. The first-order chi connectivity index (χ1) is 13.9. The number of pyridine rings is 2. The van der Waals surface area contributed by atoms with Crippen LogP contribution in [0.5, 0.6) is 0 Å². The Labute approximate surface area is 168 Å². The molecule has 1 aromatic carbocycles. The molecule has 3 aromatic heterocycles. The molecule has 0 aliphatic carbocycles. The fourth-order valence-electron chi connectivity index (χ4n) is 3.27. The predicted molar refractivity (Wildman–Crippen MR) is 112 cm³/mol. The standard InChI is InChI=1S/C23H20FN5/c1-23(2,3)14-29-22(24)18(13-27-29)17-9-10-20(25-4)28-21(17)16-8-7-15-6-5-11-26-19(15)12-16/h5-13H,14H2,1-3H3. The van der Waals surface area contributed by atoms with Crippen LogP contribution < -0.4 is 0 Å². The Morgan fingerprint density at radius 3 is 2.69 bits per heavy atom. The van der Waals surface area contributed by atoms with E-state index in [1.165, 1.54) is 10.9 Å². The summed E-state index contributed by atoms with van der Waals surface area (Å²) in [6.45, 7) is 13.9. The Hall–Kier alpha value is -3.59. The molecule has 0 unspecified atom stereocenters. The molecule has 0 saturated carbocycles. The molecule has 0 amide bonds. The summed E-state index contributed by atoms with van der Waals surface area (Å²) in [6, 6.07) is 13.0. The van der Waals surface area contributed by atoms with Gasteiger partial charge in [-0.25, -0.2) is 4.68 Å². The van der Waals surface area contributed by atoms with Gasteiger partial charge in [0.2, 0.25) is 5.95 Å². The van der Waals surface area contributed by atoms with E-state index in [4.69, 9.17) is 6.57 Å². The molecule has 0 spiro atoms. The molecule has 0 atom stereocenters. The van der Waals surface area contributed by atoms with Crippen molar-refractivity contribution >= 4 is 16.7 Å². The third kappa shape index (κ3) is 3.72. The van der Waals surface area contributed by atoms with E-state index in [0.29, 0.717) is 23.4 Å². The zero-order chi connectivity index (χ0) is 20.6. The maximum Gasteiger partial charge on any atom is 0.270 e. The van der Waals surface area contributed by atoms with Crippen LogP contribution in [0.3, 0.4) is 0 Å². The minimum Gasteiger partial charge on any atom is -0.361 e. The van der Waals surface area contributed by atoms with Crippen LogP contribution in [0.4, 0.5) is 10.2 Å². The molecule has 0 aliphatic rings. The fourth-order valence-corrected chi connectivity index (χ4v) is 3.27. The van der Waals surface area contributed by atoms with Crippen LogP contribution in [0, 0.1) is 17.9 Å². The maximum atomic E-state index is 15.2. The SMILES string of the molecule is [C-]#[N+]c1ccc(-c2cnn(CC(C)(C)C)c2F)c(-c2ccc3cccnc3c2)n1. The van der Waals surface area contributed by atoms with E-state index >= 15 is 4.39 Å². The second kappa shape index (κ2) is 7.10. The Morgan fingerprint density at radius 2 is 1.93 bits per heavy atom. The molecule has 0 fully saturated rings. The normalized spacial score (nSPS) is 11.6. The van der Waals surface area contributed by atoms with Gasteiger partial charge in [-0.05, 0) is 29.7 Å². The smallest absolute Gasteiger partial charge is 0.270 e. The van der Waals surface area contributed by atoms with Crippen molar-refractivity contribution in [2.75, 3.05) is 0 Å². The summed E-state index contributed by atoms with van der Waals surface area (Å²) in [5, 5.41) is 5.25. The molecule has 6 heteroatoms. The second-order valence-electron chi connectivity index (χ2n) is 8.16. The average Bonchev–Trinajstić information content (AvgIpc) is 3.05. The molecule has 3 heterocycles. The molecule has 0 radical (unpaired) electrons. The summed E-state index contributed by atoms with van der Waals surface area (Å²) in [6.07, 6.45) is 3.25. The lowest BCUT2D eigenvalue weighted by Crippen LogP contribution is -2.17. The van der Waals surface area contributed by atoms with Gasteiger partial charge in [0.25, 0.3) is 5.82 Å². The molecule has 0 N–H and O–H groups in total. The third-order valence-electron chi connectivity index (χ3n) is 4.56. The highest BCUT2D eigenvalue weighted by atomic mass is 19.1. The molecule has 29 heavy (non-hydrogen) atoms. The zero-order valence-electron chi connectivity index (χ0n) is 16.5. The molecule has 0 aliphatic heterocycles. The van der Waals surface area contributed by atoms with Crippen molar-refractivity contribution in [1.82, 2.24) is 19.7 Å². The predicted octanol–water partition coefficient (Wildman–Crippen LogP) is 5.90. The van der Waals surface area contributed by atoms with E-state index < -0.39 is 5.95 Å². The van der Waals surface area contributed by atoms with Crippen LogP contribution in [0.25, 0.3) is 38.1 Å². The second-order valence-corrected chi connectivity index (χ2v) is 8.16. The monoisotopic (exact) mass is 385 g/mol. The van der Waals surface area contributed by atoms with E-state index in [1.807, 2.05) is 51.1 Å². The number of benzene rings is 1. The number of rotatable bonds is 3. The number of hydrogen-bond acceptors (Lipinski definition) is 3. The van der Waals surface area contributed by atoms with Crippen molar-refractivity contribution < 1.29 is 4.39 Å². The third-order valence-corrected chi connectivity index (χ3v) is 4.56. The van der Waals surface area contributed by atoms with Crippen molar-refractivity contribution in [3.8, 4) is 22.4 Å². The lowest BCUT2D eigenvalue weighted by Gasteiger charge is -2.18. The van der Waals surface area contributed by atoms with Crippen molar-refractivity contribution in [3.05, 3.63) is 72.2 Å². The van der Waals surface area contributed by atoms with E-state index in [0.717, 1.165) is 16.5 Å². The van der Waals surface area contributed by atoms with Crippen LogP contribution >= 0.6 is 0 Å². The maximum absolute atomic E-state index is 15.2.